The van der Waals surface area contributed by atoms with Crippen LogP contribution >= 0.6 is 0 Å². The van der Waals surface area contributed by atoms with Crippen molar-refractivity contribution < 1.29 is 27.7 Å². The zero-order chi connectivity index (χ0) is 29.3. The molecule has 2 amide bonds. The maximum atomic E-state index is 13.9. The number of anilines is 1. The van der Waals surface area contributed by atoms with Gasteiger partial charge in [-0.05, 0) is 55.3 Å². The van der Waals surface area contributed by atoms with Crippen LogP contribution in [-0.4, -0.2) is 56.3 Å². The summed E-state index contributed by atoms with van der Waals surface area (Å²) in [5, 5.41) is 13.9. The molecule has 212 valence electrons. The molecule has 0 aromatic heterocycles. The number of nitrogens with one attached hydrogen (secondary N) is 1. The van der Waals surface area contributed by atoms with E-state index >= 15 is 0 Å². The topological polar surface area (TPSA) is 139 Å². The summed E-state index contributed by atoms with van der Waals surface area (Å²) < 4.78 is 33.6. The molecule has 0 aliphatic rings. The summed E-state index contributed by atoms with van der Waals surface area (Å²) in [6.07, 6.45) is 0.700. The van der Waals surface area contributed by atoms with E-state index in [9.17, 15) is 28.1 Å². The summed E-state index contributed by atoms with van der Waals surface area (Å²) in [5.41, 5.74) is 0.510. The highest BCUT2D eigenvalue weighted by molar-refractivity contribution is 7.92. The molecular formula is C28H32N4O7S. The lowest BCUT2D eigenvalue weighted by Crippen LogP contribution is -2.51. The zero-order valence-corrected chi connectivity index (χ0v) is 23.3. The number of amides is 2. The van der Waals surface area contributed by atoms with Gasteiger partial charge in [-0.25, -0.2) is 8.42 Å². The second-order valence-electron chi connectivity index (χ2n) is 8.94. The molecule has 0 heterocycles. The molecule has 11 nitrogen and oxygen atoms in total. The van der Waals surface area contributed by atoms with Crippen LogP contribution in [0.15, 0.2) is 83.8 Å². The van der Waals surface area contributed by atoms with Gasteiger partial charge in [0.25, 0.3) is 15.7 Å². The lowest BCUT2D eigenvalue weighted by atomic mass is 10.1. The van der Waals surface area contributed by atoms with Gasteiger partial charge in [-0.15, -0.1) is 0 Å². The fourth-order valence-corrected chi connectivity index (χ4v) is 5.37. The number of methoxy groups -OCH3 is 1. The number of hydrogen-bond acceptors (Lipinski definition) is 7. The largest absolute Gasteiger partial charge is 0.497 e. The van der Waals surface area contributed by atoms with Crippen molar-refractivity contribution in [2.75, 3.05) is 24.5 Å². The molecule has 0 aliphatic heterocycles. The van der Waals surface area contributed by atoms with E-state index in [0.29, 0.717) is 24.3 Å². The van der Waals surface area contributed by atoms with Crippen molar-refractivity contribution in [2.45, 2.75) is 37.8 Å². The Hall–Kier alpha value is -4.45. The number of nitro benzene ring substituents is 1. The van der Waals surface area contributed by atoms with Crippen molar-refractivity contribution in [3.63, 3.8) is 0 Å². The first-order valence-corrected chi connectivity index (χ1v) is 14.0. The lowest BCUT2D eigenvalue weighted by Gasteiger charge is -2.32. The first-order chi connectivity index (χ1) is 19.1. The molecule has 0 radical (unpaired) electrons. The first-order valence-electron chi connectivity index (χ1n) is 12.6. The van der Waals surface area contributed by atoms with Crippen LogP contribution in [-0.2, 0) is 26.2 Å². The van der Waals surface area contributed by atoms with Crippen LogP contribution in [0.5, 0.6) is 5.75 Å². The predicted molar refractivity (Wildman–Crippen MR) is 150 cm³/mol. The van der Waals surface area contributed by atoms with E-state index < -0.39 is 33.4 Å². The summed E-state index contributed by atoms with van der Waals surface area (Å²) in [4.78, 5) is 38.6. The molecule has 0 saturated heterocycles. The summed E-state index contributed by atoms with van der Waals surface area (Å²) in [6.45, 7) is 3.26. The van der Waals surface area contributed by atoms with Crippen molar-refractivity contribution in [1.82, 2.24) is 10.2 Å². The molecule has 0 saturated carbocycles. The standard InChI is InChI=1S/C28H32N4O7S/c1-4-17-29-28(34)21(2)30(19-22-9-8-10-25(18-22)39-3)27(33)20-31(23-13-15-24(16-14-23)32(35)36)40(37,38)26-11-6-5-7-12-26/h5-16,18,21H,4,17,19-20H2,1-3H3,(H,29,34)/t21-/m0/s1. The Morgan fingerprint density at radius 2 is 1.70 bits per heavy atom. The quantitative estimate of drug-likeness (QED) is 0.245. The van der Waals surface area contributed by atoms with Gasteiger partial charge in [0.2, 0.25) is 11.8 Å². The van der Waals surface area contributed by atoms with Gasteiger partial charge in [0, 0.05) is 25.2 Å². The Morgan fingerprint density at radius 3 is 2.30 bits per heavy atom. The number of rotatable bonds is 13. The normalized spacial score (nSPS) is 11.8. The zero-order valence-electron chi connectivity index (χ0n) is 22.5. The van der Waals surface area contributed by atoms with Gasteiger partial charge in [-0.3, -0.25) is 24.0 Å². The third-order valence-electron chi connectivity index (χ3n) is 6.16. The van der Waals surface area contributed by atoms with Gasteiger partial charge in [-0.1, -0.05) is 37.3 Å². The highest BCUT2D eigenvalue weighted by Crippen LogP contribution is 2.26. The summed E-state index contributed by atoms with van der Waals surface area (Å²) >= 11 is 0. The molecule has 0 spiro atoms. The average molecular weight is 569 g/mol. The average Bonchev–Trinajstić information content (AvgIpc) is 2.97. The monoisotopic (exact) mass is 568 g/mol. The summed E-state index contributed by atoms with van der Waals surface area (Å²) in [7, 11) is -2.75. The Labute approximate surface area is 233 Å². The Kier molecular flexibility index (Phi) is 10.2. The van der Waals surface area contributed by atoms with Crippen LogP contribution in [0.4, 0.5) is 11.4 Å². The van der Waals surface area contributed by atoms with Crippen LogP contribution in [0.2, 0.25) is 0 Å². The van der Waals surface area contributed by atoms with E-state index in [0.717, 1.165) is 4.31 Å². The molecule has 0 unspecified atom stereocenters. The van der Waals surface area contributed by atoms with Crippen molar-refractivity contribution in [3.8, 4) is 5.75 Å². The Morgan fingerprint density at radius 1 is 1.02 bits per heavy atom. The van der Waals surface area contributed by atoms with E-state index in [1.807, 2.05) is 6.92 Å². The number of sulfonamides is 1. The van der Waals surface area contributed by atoms with Crippen molar-refractivity contribution in [3.05, 3.63) is 94.5 Å². The molecule has 0 fully saturated rings. The molecule has 3 aromatic carbocycles. The molecule has 40 heavy (non-hydrogen) atoms. The number of nitrogens with zero attached hydrogens (tertiary/aromatic N) is 3. The van der Waals surface area contributed by atoms with Crippen LogP contribution in [0, 0.1) is 10.1 Å². The molecule has 3 rings (SSSR count). The van der Waals surface area contributed by atoms with Crippen molar-refractivity contribution in [2.24, 2.45) is 0 Å². The summed E-state index contributed by atoms with van der Waals surface area (Å²) in [5.74, 6) is -0.460. The number of hydrogen-bond donors (Lipinski definition) is 1. The number of carbonyl (C=O) groups is 2. The van der Waals surface area contributed by atoms with Gasteiger partial charge >= 0.3 is 0 Å². The van der Waals surface area contributed by atoms with E-state index in [4.69, 9.17) is 4.74 Å². The van der Waals surface area contributed by atoms with E-state index in [1.165, 1.54) is 48.4 Å². The molecule has 1 atom stereocenters. The molecule has 12 heteroatoms. The van der Waals surface area contributed by atoms with Gasteiger partial charge in [0.1, 0.15) is 18.3 Å². The molecule has 1 N–H and O–H groups in total. The van der Waals surface area contributed by atoms with Gasteiger partial charge < -0.3 is 15.0 Å². The molecular weight excluding hydrogens is 536 g/mol. The number of benzene rings is 3. The summed E-state index contributed by atoms with van der Waals surface area (Å²) in [6, 6.07) is 18.5. The van der Waals surface area contributed by atoms with Crippen LogP contribution in [0.3, 0.4) is 0 Å². The minimum atomic E-state index is -4.26. The van der Waals surface area contributed by atoms with Crippen molar-refractivity contribution >= 4 is 33.2 Å². The van der Waals surface area contributed by atoms with Crippen LogP contribution in [0.25, 0.3) is 0 Å². The maximum absolute atomic E-state index is 13.9. The minimum absolute atomic E-state index is 0.0101. The second-order valence-corrected chi connectivity index (χ2v) is 10.8. The van der Waals surface area contributed by atoms with Gasteiger partial charge in [-0.2, -0.15) is 0 Å². The predicted octanol–water partition coefficient (Wildman–Crippen LogP) is 3.74. The van der Waals surface area contributed by atoms with E-state index in [2.05, 4.69) is 5.32 Å². The highest BCUT2D eigenvalue weighted by atomic mass is 32.2. The minimum Gasteiger partial charge on any atom is -0.497 e. The van der Waals surface area contributed by atoms with Gasteiger partial charge in [0.05, 0.1) is 22.6 Å². The highest BCUT2D eigenvalue weighted by Gasteiger charge is 2.32. The number of ether oxygens (including phenoxy) is 1. The molecule has 0 aliphatic carbocycles. The van der Waals surface area contributed by atoms with Crippen LogP contribution < -0.4 is 14.4 Å². The fourth-order valence-electron chi connectivity index (χ4n) is 3.94. The number of carbonyl (C=O) groups excluding carboxylic acids is 2. The lowest BCUT2D eigenvalue weighted by molar-refractivity contribution is -0.384. The van der Waals surface area contributed by atoms with E-state index in [1.54, 1.807) is 49.4 Å². The molecule has 0 bridgehead atoms. The third-order valence-corrected chi connectivity index (χ3v) is 7.95. The number of nitro groups is 1. The Bertz CT molecular complexity index is 1430. The van der Waals surface area contributed by atoms with Gasteiger partial charge in [0.15, 0.2) is 0 Å². The SMILES string of the molecule is CCCNC(=O)[C@H](C)N(Cc1cccc(OC)c1)C(=O)CN(c1ccc([N+](=O)[O-])cc1)S(=O)(=O)c1ccccc1. The van der Waals surface area contributed by atoms with Crippen molar-refractivity contribution in [1.29, 1.82) is 0 Å². The third kappa shape index (κ3) is 7.35. The van der Waals surface area contributed by atoms with E-state index in [-0.39, 0.29) is 28.7 Å². The smallest absolute Gasteiger partial charge is 0.269 e. The van der Waals surface area contributed by atoms with Crippen LogP contribution in [0.1, 0.15) is 25.8 Å². The fraction of sp³-hybridized carbons (Fsp3) is 0.286. The maximum Gasteiger partial charge on any atom is 0.269 e. The Balaban J connectivity index is 2.03. The molecule has 3 aromatic rings. The number of non-ortho nitro benzene ring substituents is 1. The first kappa shape index (κ1) is 30.1. The second kappa shape index (κ2) is 13.6.